The van der Waals surface area contributed by atoms with E-state index in [2.05, 4.69) is 24.0 Å². The smallest absolute Gasteiger partial charge is 0.237 e. The number of piperidine rings is 1. The third-order valence-corrected chi connectivity index (χ3v) is 5.67. The maximum atomic E-state index is 12.4. The van der Waals surface area contributed by atoms with Gasteiger partial charge in [0.15, 0.2) is 0 Å². The van der Waals surface area contributed by atoms with Crippen molar-refractivity contribution in [1.29, 1.82) is 0 Å². The number of carbonyl (C=O) groups excluding carboxylic acids is 1. The first-order valence-corrected chi connectivity index (χ1v) is 8.98. The number of benzene rings is 1. The van der Waals surface area contributed by atoms with E-state index in [1.807, 2.05) is 17.0 Å². The van der Waals surface area contributed by atoms with Crippen LogP contribution in [0.3, 0.4) is 0 Å². The Kier molecular flexibility index (Phi) is 4.02. The molecule has 1 aromatic carbocycles. The Morgan fingerprint density at radius 2 is 2.13 bits per heavy atom. The van der Waals surface area contributed by atoms with Gasteiger partial charge in [0.2, 0.25) is 5.91 Å². The van der Waals surface area contributed by atoms with Crippen LogP contribution in [0.25, 0.3) is 0 Å². The molecule has 4 nitrogen and oxygen atoms in total. The Morgan fingerprint density at radius 3 is 2.83 bits per heavy atom. The molecule has 0 radical (unpaired) electrons. The molecule has 3 aliphatic rings. The highest BCUT2D eigenvalue weighted by molar-refractivity contribution is 5.79. The van der Waals surface area contributed by atoms with Gasteiger partial charge in [-0.05, 0) is 49.3 Å². The van der Waals surface area contributed by atoms with Gasteiger partial charge in [0.25, 0.3) is 0 Å². The van der Waals surface area contributed by atoms with Crippen LogP contribution in [0, 0.1) is 5.92 Å². The fraction of sp³-hybridized carbons (Fsp3) is 0.632. The standard InChI is InChI=1S/C19H26N2O2/c1-2-14-4-3-5-17(9-14)23-18-11-21(12-18)19(22)13-20-10-15-6-7-16(20)8-15/h3-5,9,15-16,18H,2,6-8,10-13H2,1H3/t15-,16+/m1/s1. The summed E-state index contributed by atoms with van der Waals surface area (Å²) in [6.45, 7) is 5.36. The molecule has 4 rings (SSSR count). The molecule has 1 aliphatic carbocycles. The van der Waals surface area contributed by atoms with E-state index in [9.17, 15) is 4.79 Å². The second kappa shape index (κ2) is 6.16. The van der Waals surface area contributed by atoms with Crippen LogP contribution in [0.1, 0.15) is 31.7 Å². The van der Waals surface area contributed by atoms with Gasteiger partial charge >= 0.3 is 0 Å². The van der Waals surface area contributed by atoms with Gasteiger partial charge < -0.3 is 9.64 Å². The molecule has 4 heteroatoms. The zero-order chi connectivity index (χ0) is 15.8. The summed E-state index contributed by atoms with van der Waals surface area (Å²) >= 11 is 0. The van der Waals surface area contributed by atoms with Gasteiger partial charge in [0, 0.05) is 12.6 Å². The average molecular weight is 314 g/mol. The Balaban J connectivity index is 1.24. The molecule has 1 aromatic rings. The normalized spacial score (nSPS) is 27.3. The minimum Gasteiger partial charge on any atom is -0.487 e. The van der Waals surface area contributed by atoms with E-state index in [0.29, 0.717) is 12.6 Å². The maximum absolute atomic E-state index is 12.4. The Hall–Kier alpha value is -1.55. The lowest BCUT2D eigenvalue weighted by molar-refractivity contribution is -0.141. The van der Waals surface area contributed by atoms with Crippen LogP contribution in [0.5, 0.6) is 5.75 Å². The van der Waals surface area contributed by atoms with Crippen LogP contribution in [-0.2, 0) is 11.2 Å². The fourth-order valence-electron chi connectivity index (χ4n) is 4.24. The van der Waals surface area contributed by atoms with Crippen molar-refractivity contribution in [3.05, 3.63) is 29.8 Å². The summed E-state index contributed by atoms with van der Waals surface area (Å²) in [4.78, 5) is 16.7. The third kappa shape index (κ3) is 3.09. The van der Waals surface area contributed by atoms with Crippen LogP contribution >= 0.6 is 0 Å². The first kappa shape index (κ1) is 15.0. The SMILES string of the molecule is CCc1cccc(OC2CN(C(=O)CN3C[C@@H]4CC[C@H]3C4)C2)c1. The molecule has 0 N–H and O–H groups in total. The summed E-state index contributed by atoms with van der Waals surface area (Å²) in [5, 5.41) is 0. The molecule has 1 amide bonds. The van der Waals surface area contributed by atoms with Gasteiger partial charge in [0.1, 0.15) is 11.9 Å². The number of carbonyl (C=O) groups is 1. The zero-order valence-electron chi connectivity index (χ0n) is 13.9. The summed E-state index contributed by atoms with van der Waals surface area (Å²) in [6, 6.07) is 8.94. The summed E-state index contributed by atoms with van der Waals surface area (Å²) in [7, 11) is 0. The van der Waals surface area contributed by atoms with Crippen LogP contribution in [-0.4, -0.2) is 54.0 Å². The zero-order valence-corrected chi connectivity index (χ0v) is 13.9. The molecule has 2 heterocycles. The van der Waals surface area contributed by atoms with E-state index in [1.165, 1.54) is 24.8 Å². The van der Waals surface area contributed by atoms with Crippen LogP contribution in [0.4, 0.5) is 0 Å². The monoisotopic (exact) mass is 314 g/mol. The van der Waals surface area contributed by atoms with E-state index < -0.39 is 0 Å². The van der Waals surface area contributed by atoms with E-state index in [0.717, 1.165) is 37.7 Å². The predicted molar refractivity (Wildman–Crippen MR) is 89.5 cm³/mol. The number of rotatable bonds is 5. The molecule has 2 atom stereocenters. The number of fused-ring (bicyclic) bond motifs is 2. The van der Waals surface area contributed by atoms with Gasteiger partial charge in [0.05, 0.1) is 19.6 Å². The number of likely N-dealkylation sites (tertiary alicyclic amines) is 2. The van der Waals surface area contributed by atoms with Gasteiger partial charge in [-0.1, -0.05) is 19.1 Å². The van der Waals surface area contributed by atoms with E-state index in [4.69, 9.17) is 4.74 Å². The highest BCUT2D eigenvalue weighted by atomic mass is 16.5. The summed E-state index contributed by atoms with van der Waals surface area (Å²) in [6.07, 6.45) is 5.14. The largest absolute Gasteiger partial charge is 0.487 e. The molecule has 0 aromatic heterocycles. The number of aryl methyl sites for hydroxylation is 1. The molecular weight excluding hydrogens is 288 g/mol. The Labute approximate surface area is 138 Å². The minimum atomic E-state index is 0.154. The quantitative estimate of drug-likeness (QED) is 0.836. The van der Waals surface area contributed by atoms with Gasteiger partial charge in [-0.25, -0.2) is 0 Å². The Morgan fingerprint density at radius 1 is 1.26 bits per heavy atom. The second-order valence-corrected chi connectivity index (χ2v) is 7.30. The van der Waals surface area contributed by atoms with Crippen molar-refractivity contribution < 1.29 is 9.53 Å². The minimum absolute atomic E-state index is 0.154. The lowest BCUT2D eigenvalue weighted by Crippen LogP contribution is -2.58. The molecule has 0 unspecified atom stereocenters. The molecule has 0 spiro atoms. The maximum Gasteiger partial charge on any atom is 0.237 e. The van der Waals surface area contributed by atoms with Crippen molar-refractivity contribution in [1.82, 2.24) is 9.80 Å². The summed E-state index contributed by atoms with van der Waals surface area (Å²) < 4.78 is 5.99. The average Bonchev–Trinajstić information content (AvgIpc) is 3.13. The van der Waals surface area contributed by atoms with Crippen molar-refractivity contribution in [3.8, 4) is 5.75 Å². The van der Waals surface area contributed by atoms with Crippen molar-refractivity contribution in [2.45, 2.75) is 44.8 Å². The topological polar surface area (TPSA) is 32.8 Å². The molecule has 2 saturated heterocycles. The van der Waals surface area contributed by atoms with Crippen molar-refractivity contribution in [2.75, 3.05) is 26.2 Å². The number of hydrogen-bond acceptors (Lipinski definition) is 3. The third-order valence-electron chi connectivity index (χ3n) is 5.67. The summed E-state index contributed by atoms with van der Waals surface area (Å²) in [5.41, 5.74) is 1.29. The molecule has 2 bridgehead atoms. The number of hydrogen-bond donors (Lipinski definition) is 0. The van der Waals surface area contributed by atoms with Crippen LogP contribution in [0.15, 0.2) is 24.3 Å². The molecule has 23 heavy (non-hydrogen) atoms. The van der Waals surface area contributed by atoms with E-state index >= 15 is 0 Å². The van der Waals surface area contributed by atoms with Gasteiger partial charge in [-0.15, -0.1) is 0 Å². The number of nitrogens with zero attached hydrogens (tertiary/aromatic N) is 2. The first-order valence-electron chi connectivity index (χ1n) is 8.98. The fourth-order valence-corrected chi connectivity index (χ4v) is 4.24. The lowest BCUT2D eigenvalue weighted by atomic mass is 10.1. The summed E-state index contributed by atoms with van der Waals surface area (Å²) in [5.74, 6) is 2.06. The van der Waals surface area contributed by atoms with Crippen LogP contribution in [0.2, 0.25) is 0 Å². The molecule has 124 valence electrons. The van der Waals surface area contributed by atoms with Gasteiger partial charge in [-0.2, -0.15) is 0 Å². The molecule has 3 fully saturated rings. The van der Waals surface area contributed by atoms with Gasteiger partial charge in [-0.3, -0.25) is 9.69 Å². The van der Waals surface area contributed by atoms with E-state index in [1.54, 1.807) is 0 Å². The van der Waals surface area contributed by atoms with Crippen molar-refractivity contribution in [3.63, 3.8) is 0 Å². The first-order chi connectivity index (χ1) is 11.2. The molecule has 2 aliphatic heterocycles. The number of ether oxygens (including phenoxy) is 1. The molecular formula is C19H26N2O2. The van der Waals surface area contributed by atoms with Crippen molar-refractivity contribution in [2.24, 2.45) is 5.92 Å². The second-order valence-electron chi connectivity index (χ2n) is 7.30. The Bertz CT molecular complexity index is 582. The van der Waals surface area contributed by atoms with Crippen LogP contribution < -0.4 is 4.74 Å². The molecule has 1 saturated carbocycles. The van der Waals surface area contributed by atoms with E-state index in [-0.39, 0.29) is 12.0 Å². The number of amides is 1. The highest BCUT2D eigenvalue weighted by Gasteiger charge is 2.40. The highest BCUT2D eigenvalue weighted by Crippen LogP contribution is 2.37. The van der Waals surface area contributed by atoms with Crippen molar-refractivity contribution >= 4 is 5.91 Å². The predicted octanol–water partition coefficient (Wildman–Crippen LogP) is 2.32. The lowest BCUT2D eigenvalue weighted by Gasteiger charge is -2.40.